The maximum atomic E-state index is 12.2. The van der Waals surface area contributed by atoms with Crippen molar-refractivity contribution < 1.29 is 4.79 Å². The van der Waals surface area contributed by atoms with Gasteiger partial charge in [0.15, 0.2) is 0 Å². The summed E-state index contributed by atoms with van der Waals surface area (Å²) < 4.78 is 0. The molecule has 0 spiro atoms. The molecular formula is C17H21N3O. The average Bonchev–Trinajstić information content (AvgIpc) is 2.53. The summed E-state index contributed by atoms with van der Waals surface area (Å²) in [5, 5.41) is 4.04. The zero-order chi connectivity index (χ0) is 14.7. The molecule has 3 N–H and O–H groups in total. The summed E-state index contributed by atoms with van der Waals surface area (Å²) in [4.78, 5) is 16.5. The lowest BCUT2D eigenvalue weighted by molar-refractivity contribution is 0.0943. The van der Waals surface area contributed by atoms with E-state index in [0.717, 1.165) is 43.1 Å². The Morgan fingerprint density at radius 1 is 1.24 bits per heavy atom. The van der Waals surface area contributed by atoms with E-state index in [0.29, 0.717) is 17.5 Å². The number of pyridine rings is 1. The first-order valence-corrected chi connectivity index (χ1v) is 7.61. The van der Waals surface area contributed by atoms with Crippen LogP contribution in [0.1, 0.15) is 36.0 Å². The third-order valence-corrected chi connectivity index (χ3v) is 4.31. The van der Waals surface area contributed by atoms with Gasteiger partial charge in [0.1, 0.15) is 0 Å². The Hall–Kier alpha value is -1.94. The molecule has 1 fully saturated rings. The van der Waals surface area contributed by atoms with Crippen LogP contribution in [0.5, 0.6) is 0 Å². The van der Waals surface area contributed by atoms with E-state index in [9.17, 15) is 4.79 Å². The highest BCUT2D eigenvalue weighted by Crippen LogP contribution is 2.22. The highest BCUT2D eigenvalue weighted by Gasteiger charge is 2.19. The van der Waals surface area contributed by atoms with Gasteiger partial charge in [-0.1, -0.05) is 6.07 Å². The van der Waals surface area contributed by atoms with E-state index >= 15 is 0 Å². The Balaban J connectivity index is 1.61. The molecule has 4 heteroatoms. The molecule has 0 aliphatic heterocycles. The molecule has 0 unspecified atom stereocenters. The Morgan fingerprint density at radius 3 is 2.86 bits per heavy atom. The van der Waals surface area contributed by atoms with Crippen molar-refractivity contribution in [2.45, 2.75) is 31.7 Å². The summed E-state index contributed by atoms with van der Waals surface area (Å²) in [6, 6.07) is 9.83. The van der Waals surface area contributed by atoms with Gasteiger partial charge in [0.25, 0.3) is 5.91 Å². The summed E-state index contributed by atoms with van der Waals surface area (Å²) in [5.41, 5.74) is 7.51. The third-order valence-electron chi connectivity index (χ3n) is 4.31. The largest absolute Gasteiger partial charge is 0.352 e. The number of aromatic nitrogens is 1. The topological polar surface area (TPSA) is 68.0 Å². The van der Waals surface area contributed by atoms with E-state index in [4.69, 9.17) is 5.73 Å². The van der Waals surface area contributed by atoms with Crippen LogP contribution in [0.2, 0.25) is 0 Å². The summed E-state index contributed by atoms with van der Waals surface area (Å²) >= 11 is 0. The van der Waals surface area contributed by atoms with Gasteiger partial charge in [0.2, 0.25) is 0 Å². The fourth-order valence-electron chi connectivity index (χ4n) is 2.95. The quantitative estimate of drug-likeness (QED) is 0.909. The fraction of sp³-hybridized carbons (Fsp3) is 0.412. The van der Waals surface area contributed by atoms with E-state index in [-0.39, 0.29) is 5.91 Å². The number of nitrogens with two attached hydrogens (primary N) is 1. The molecule has 0 saturated heterocycles. The van der Waals surface area contributed by atoms with Crippen LogP contribution in [0.3, 0.4) is 0 Å². The molecule has 1 saturated carbocycles. The first-order chi connectivity index (χ1) is 10.2. The van der Waals surface area contributed by atoms with Gasteiger partial charge in [-0.2, -0.15) is 0 Å². The lowest BCUT2D eigenvalue weighted by atomic mass is 9.86. The van der Waals surface area contributed by atoms with Crippen LogP contribution >= 0.6 is 0 Å². The maximum Gasteiger partial charge on any atom is 0.251 e. The van der Waals surface area contributed by atoms with Gasteiger partial charge in [-0.25, -0.2) is 0 Å². The minimum Gasteiger partial charge on any atom is -0.352 e. The molecule has 21 heavy (non-hydrogen) atoms. The van der Waals surface area contributed by atoms with Crippen LogP contribution < -0.4 is 11.1 Å². The fourth-order valence-corrected chi connectivity index (χ4v) is 2.95. The molecule has 1 aliphatic rings. The number of hydrogen-bond acceptors (Lipinski definition) is 3. The second-order valence-electron chi connectivity index (χ2n) is 5.90. The summed E-state index contributed by atoms with van der Waals surface area (Å²) in [7, 11) is 0. The molecule has 110 valence electrons. The van der Waals surface area contributed by atoms with Gasteiger partial charge in [-0.3, -0.25) is 9.78 Å². The lowest BCUT2D eigenvalue weighted by Gasteiger charge is -2.26. The second-order valence-corrected chi connectivity index (χ2v) is 5.90. The molecule has 0 bridgehead atoms. The number of benzene rings is 1. The van der Waals surface area contributed by atoms with Crippen LogP contribution in [0.4, 0.5) is 0 Å². The zero-order valence-corrected chi connectivity index (χ0v) is 12.1. The number of rotatable bonds is 3. The zero-order valence-electron chi connectivity index (χ0n) is 12.1. The van der Waals surface area contributed by atoms with E-state index in [1.807, 2.05) is 30.3 Å². The molecule has 0 radical (unpaired) electrons. The molecule has 1 heterocycles. The van der Waals surface area contributed by atoms with Gasteiger partial charge in [-0.15, -0.1) is 0 Å². The van der Waals surface area contributed by atoms with E-state index in [2.05, 4.69) is 10.3 Å². The molecule has 2 aromatic rings. The Morgan fingerprint density at radius 2 is 2.05 bits per heavy atom. The minimum absolute atomic E-state index is 0.00405. The van der Waals surface area contributed by atoms with Gasteiger partial charge < -0.3 is 11.1 Å². The minimum atomic E-state index is -0.00405. The van der Waals surface area contributed by atoms with Crippen LogP contribution in [-0.4, -0.2) is 23.5 Å². The van der Waals surface area contributed by atoms with Crippen molar-refractivity contribution >= 4 is 16.8 Å². The van der Waals surface area contributed by atoms with E-state index < -0.39 is 0 Å². The lowest BCUT2D eigenvalue weighted by Crippen LogP contribution is -2.34. The van der Waals surface area contributed by atoms with Crippen LogP contribution in [0.25, 0.3) is 10.9 Å². The predicted octanol–water partition coefficient (Wildman–Crippen LogP) is 2.48. The molecule has 0 atom stereocenters. The number of carbonyl (C=O) groups is 1. The number of carbonyl (C=O) groups excluding carboxylic acids is 1. The van der Waals surface area contributed by atoms with E-state index in [1.54, 1.807) is 6.20 Å². The first kappa shape index (κ1) is 14.0. The first-order valence-electron chi connectivity index (χ1n) is 7.61. The van der Waals surface area contributed by atoms with Crippen molar-refractivity contribution in [1.29, 1.82) is 0 Å². The number of fused-ring (bicyclic) bond motifs is 1. The SMILES string of the molecule is NC1CCC(CNC(=O)c2ccc3ncccc3c2)CC1. The molecule has 1 aromatic carbocycles. The van der Waals surface area contributed by atoms with Gasteiger partial charge in [0, 0.05) is 29.7 Å². The third kappa shape index (κ3) is 3.39. The second kappa shape index (κ2) is 6.22. The maximum absolute atomic E-state index is 12.2. The molecule has 4 nitrogen and oxygen atoms in total. The Labute approximate surface area is 124 Å². The molecular weight excluding hydrogens is 262 g/mol. The standard InChI is InChI=1S/C17H21N3O/c18-15-6-3-12(4-7-15)11-20-17(21)14-5-8-16-13(10-14)2-1-9-19-16/h1-2,5,8-10,12,15H,3-4,6-7,11,18H2,(H,20,21). The van der Waals surface area contributed by atoms with Crippen molar-refractivity contribution in [1.82, 2.24) is 10.3 Å². The van der Waals surface area contributed by atoms with Crippen LogP contribution in [-0.2, 0) is 0 Å². The molecule has 1 amide bonds. The number of hydrogen-bond donors (Lipinski definition) is 2. The summed E-state index contributed by atoms with van der Waals surface area (Å²) in [6.45, 7) is 0.747. The Bertz CT molecular complexity index is 633. The normalized spacial score (nSPS) is 22.1. The number of nitrogens with one attached hydrogen (secondary N) is 1. The van der Waals surface area contributed by atoms with Crippen molar-refractivity contribution in [3.63, 3.8) is 0 Å². The van der Waals surface area contributed by atoms with Gasteiger partial charge in [0.05, 0.1) is 5.52 Å². The van der Waals surface area contributed by atoms with E-state index in [1.165, 1.54) is 0 Å². The van der Waals surface area contributed by atoms with Crippen LogP contribution in [0.15, 0.2) is 36.5 Å². The van der Waals surface area contributed by atoms with Crippen molar-refractivity contribution in [3.05, 3.63) is 42.1 Å². The highest BCUT2D eigenvalue weighted by atomic mass is 16.1. The average molecular weight is 283 g/mol. The highest BCUT2D eigenvalue weighted by molar-refractivity contribution is 5.97. The predicted molar refractivity (Wildman–Crippen MR) is 84.0 cm³/mol. The molecule has 1 aliphatic carbocycles. The molecule has 1 aromatic heterocycles. The molecule has 3 rings (SSSR count). The monoisotopic (exact) mass is 283 g/mol. The Kier molecular flexibility index (Phi) is 4.15. The summed E-state index contributed by atoms with van der Waals surface area (Å²) in [5.74, 6) is 0.562. The number of amides is 1. The smallest absolute Gasteiger partial charge is 0.251 e. The van der Waals surface area contributed by atoms with Crippen molar-refractivity contribution in [2.75, 3.05) is 6.54 Å². The van der Waals surface area contributed by atoms with Crippen LogP contribution in [0, 0.1) is 5.92 Å². The van der Waals surface area contributed by atoms with Gasteiger partial charge in [-0.05, 0) is 55.9 Å². The van der Waals surface area contributed by atoms with Crippen molar-refractivity contribution in [3.8, 4) is 0 Å². The van der Waals surface area contributed by atoms with Gasteiger partial charge >= 0.3 is 0 Å². The number of nitrogens with zero attached hydrogens (tertiary/aromatic N) is 1. The van der Waals surface area contributed by atoms with Crippen molar-refractivity contribution in [2.24, 2.45) is 11.7 Å². The summed E-state index contributed by atoms with van der Waals surface area (Å²) in [6.07, 6.45) is 6.13.